The monoisotopic (exact) mass is 548 g/mol. The van der Waals surface area contributed by atoms with E-state index in [1.54, 1.807) is 23.1 Å². The van der Waals surface area contributed by atoms with E-state index >= 15 is 4.39 Å². The Balaban J connectivity index is 1.42. The predicted octanol–water partition coefficient (Wildman–Crippen LogP) is 6.62. The van der Waals surface area contributed by atoms with Crippen molar-refractivity contribution in [2.24, 2.45) is 5.92 Å². The normalized spacial score (nSPS) is 23.4. The van der Waals surface area contributed by atoms with Gasteiger partial charge in [0.2, 0.25) is 0 Å². The van der Waals surface area contributed by atoms with Gasteiger partial charge in [0.25, 0.3) is 0 Å². The fourth-order valence-corrected chi connectivity index (χ4v) is 6.07. The molecule has 2 heterocycles. The molecular weight excluding hydrogens is 529 g/mol. The van der Waals surface area contributed by atoms with Crippen LogP contribution in [-0.4, -0.2) is 34.5 Å². The number of nitrogens with zero attached hydrogens (tertiary/aromatic N) is 2. The summed E-state index contributed by atoms with van der Waals surface area (Å²) in [6.45, 7) is 0.447. The number of piperidine rings is 1. The van der Waals surface area contributed by atoms with Gasteiger partial charge in [0.15, 0.2) is 17.2 Å². The van der Waals surface area contributed by atoms with E-state index in [0.717, 1.165) is 12.5 Å². The van der Waals surface area contributed by atoms with Crippen molar-refractivity contribution in [2.45, 2.75) is 43.5 Å². The highest BCUT2D eigenvalue weighted by molar-refractivity contribution is 6.39. The second-order valence-electron chi connectivity index (χ2n) is 9.86. The first-order chi connectivity index (χ1) is 17.6. The van der Waals surface area contributed by atoms with Crippen LogP contribution in [0.2, 0.25) is 10.0 Å². The van der Waals surface area contributed by atoms with Crippen LogP contribution in [0.1, 0.15) is 58.6 Å². The Kier molecular flexibility index (Phi) is 5.51. The Hall–Kier alpha value is -3.17. The molecule has 3 aliphatic rings. The molecule has 3 aromatic rings. The first-order valence-corrected chi connectivity index (χ1v) is 12.5. The van der Waals surface area contributed by atoms with Crippen molar-refractivity contribution in [3.63, 3.8) is 0 Å². The number of anilines is 1. The van der Waals surface area contributed by atoms with Crippen LogP contribution in [-0.2, 0) is 10.4 Å². The van der Waals surface area contributed by atoms with Crippen LogP contribution in [0.25, 0.3) is 11.3 Å². The van der Waals surface area contributed by atoms with Crippen molar-refractivity contribution < 1.29 is 32.7 Å². The summed E-state index contributed by atoms with van der Waals surface area (Å²) in [5.41, 5.74) is -2.94. The molecule has 11 heteroatoms. The van der Waals surface area contributed by atoms with Crippen LogP contribution in [0.5, 0.6) is 0 Å². The zero-order chi connectivity index (χ0) is 26.1. The lowest BCUT2D eigenvalue weighted by Gasteiger charge is -2.39. The number of fused-ring (bicyclic) bond motifs is 2. The van der Waals surface area contributed by atoms with Gasteiger partial charge in [-0.05, 0) is 55.5 Å². The number of carbonyl (C=O) groups excluding carboxylic acids is 1. The number of carbonyl (C=O) groups is 2. The molecule has 2 bridgehead atoms. The minimum atomic E-state index is -1.85. The molecule has 1 N–H and O–H groups in total. The molecule has 1 aromatic heterocycles. The minimum Gasteiger partial charge on any atom is -0.478 e. The molecule has 2 aromatic carbocycles. The fourth-order valence-electron chi connectivity index (χ4n) is 5.49. The third-order valence-electron chi connectivity index (χ3n) is 7.40. The zero-order valence-electron chi connectivity index (χ0n) is 19.3. The molecule has 1 aliphatic heterocycles. The number of alkyl halides is 1. The largest absolute Gasteiger partial charge is 0.478 e. The van der Waals surface area contributed by atoms with Crippen LogP contribution in [0.3, 0.4) is 0 Å². The van der Waals surface area contributed by atoms with Crippen molar-refractivity contribution in [1.29, 1.82) is 0 Å². The van der Waals surface area contributed by atoms with Gasteiger partial charge in [-0.2, -0.15) is 0 Å². The molecular formula is C26H20Cl2F2N2O5. The van der Waals surface area contributed by atoms with Gasteiger partial charge in [-0.1, -0.05) is 34.4 Å². The Labute approximate surface area is 219 Å². The van der Waals surface area contributed by atoms with Crippen LogP contribution in [0, 0.1) is 11.7 Å². The van der Waals surface area contributed by atoms with Crippen LogP contribution in [0.15, 0.2) is 40.9 Å². The lowest BCUT2D eigenvalue weighted by Crippen LogP contribution is -2.48. The molecule has 3 fully saturated rings. The summed E-state index contributed by atoms with van der Waals surface area (Å²) in [6.07, 6.45) is 1.99. The average Bonchev–Trinajstić information content (AvgIpc) is 3.19. The van der Waals surface area contributed by atoms with Gasteiger partial charge < -0.3 is 19.3 Å². The van der Waals surface area contributed by atoms with Gasteiger partial charge >= 0.3 is 11.9 Å². The number of hydrogen-bond acceptors (Lipinski definition) is 6. The van der Waals surface area contributed by atoms with E-state index in [1.165, 1.54) is 12.1 Å². The van der Waals surface area contributed by atoms with E-state index in [9.17, 15) is 19.1 Å². The molecule has 2 saturated carbocycles. The number of aromatic nitrogens is 1. The highest BCUT2D eigenvalue weighted by atomic mass is 35.5. The summed E-state index contributed by atoms with van der Waals surface area (Å²) in [5, 5.41) is 13.8. The number of esters is 1. The number of rotatable bonds is 6. The van der Waals surface area contributed by atoms with Gasteiger partial charge in [0.1, 0.15) is 17.1 Å². The van der Waals surface area contributed by atoms with Crippen molar-refractivity contribution in [3.8, 4) is 11.3 Å². The van der Waals surface area contributed by atoms with Crippen LogP contribution >= 0.6 is 23.2 Å². The van der Waals surface area contributed by atoms with Gasteiger partial charge in [-0.3, -0.25) is 0 Å². The van der Waals surface area contributed by atoms with Crippen molar-refractivity contribution >= 4 is 40.8 Å². The molecule has 2 aliphatic carbocycles. The Morgan fingerprint density at radius 2 is 1.89 bits per heavy atom. The average molecular weight is 549 g/mol. The molecule has 0 amide bonds. The maximum Gasteiger partial charge on any atom is 0.346 e. The topological polar surface area (TPSA) is 92.9 Å². The Morgan fingerprint density at radius 3 is 2.54 bits per heavy atom. The Morgan fingerprint density at radius 1 is 1.16 bits per heavy atom. The molecule has 37 heavy (non-hydrogen) atoms. The molecule has 0 radical (unpaired) electrons. The third kappa shape index (κ3) is 3.95. The molecule has 7 nitrogen and oxygen atoms in total. The number of halogens is 4. The lowest BCUT2D eigenvalue weighted by molar-refractivity contribution is -0.0114. The molecule has 2 atom stereocenters. The van der Waals surface area contributed by atoms with Gasteiger partial charge in [-0.15, -0.1) is 0 Å². The molecule has 192 valence electrons. The zero-order valence-corrected chi connectivity index (χ0v) is 20.8. The second kappa shape index (κ2) is 8.43. The number of benzene rings is 2. The van der Waals surface area contributed by atoms with Gasteiger partial charge in [0, 0.05) is 30.6 Å². The quantitative estimate of drug-likeness (QED) is 0.346. The van der Waals surface area contributed by atoms with Gasteiger partial charge in [0.05, 0.1) is 15.6 Å². The van der Waals surface area contributed by atoms with Crippen molar-refractivity contribution in [1.82, 2.24) is 5.16 Å². The highest BCUT2D eigenvalue weighted by Crippen LogP contribution is 2.54. The van der Waals surface area contributed by atoms with Crippen LogP contribution < -0.4 is 4.90 Å². The summed E-state index contributed by atoms with van der Waals surface area (Å²) in [7, 11) is 0. The van der Waals surface area contributed by atoms with E-state index in [4.69, 9.17) is 32.5 Å². The summed E-state index contributed by atoms with van der Waals surface area (Å²) in [5.74, 6) is -2.94. The lowest BCUT2D eigenvalue weighted by atomic mass is 10.0. The molecule has 6 rings (SSSR count). The van der Waals surface area contributed by atoms with E-state index in [0.29, 0.717) is 19.4 Å². The predicted molar refractivity (Wildman–Crippen MR) is 130 cm³/mol. The number of aromatic carboxylic acids is 1. The van der Waals surface area contributed by atoms with Gasteiger partial charge in [-0.25, -0.2) is 18.4 Å². The van der Waals surface area contributed by atoms with Crippen LogP contribution in [0.4, 0.5) is 14.5 Å². The molecule has 0 spiro atoms. The first-order valence-electron chi connectivity index (χ1n) is 11.8. The summed E-state index contributed by atoms with van der Waals surface area (Å²) < 4.78 is 41.0. The number of carboxylic acids is 1. The van der Waals surface area contributed by atoms with Crippen molar-refractivity contribution in [3.05, 3.63) is 69.1 Å². The molecule has 1 saturated heterocycles. The molecule has 0 unspecified atom stereocenters. The number of ether oxygens (including phenoxy) is 1. The summed E-state index contributed by atoms with van der Waals surface area (Å²) >= 11 is 12.7. The third-order valence-corrected chi connectivity index (χ3v) is 8.03. The van der Waals surface area contributed by atoms with E-state index in [-0.39, 0.29) is 62.6 Å². The maximum absolute atomic E-state index is 15.3. The maximum atomic E-state index is 15.3. The smallest absolute Gasteiger partial charge is 0.346 e. The number of carboxylic acid groups (broad SMARTS) is 1. The second-order valence-corrected chi connectivity index (χ2v) is 10.7. The summed E-state index contributed by atoms with van der Waals surface area (Å²) in [6, 6.07) is 8.25. The van der Waals surface area contributed by atoms with Crippen molar-refractivity contribution in [2.75, 3.05) is 11.4 Å². The van der Waals surface area contributed by atoms with E-state index in [2.05, 4.69) is 5.16 Å². The fraction of sp³-hybridized carbons (Fsp3) is 0.346. The first kappa shape index (κ1) is 24.2. The van der Waals surface area contributed by atoms with E-state index in [1.807, 2.05) is 0 Å². The highest BCUT2D eigenvalue weighted by Gasteiger charge is 2.56. The summed E-state index contributed by atoms with van der Waals surface area (Å²) in [4.78, 5) is 27.0. The van der Waals surface area contributed by atoms with E-state index < -0.39 is 29.1 Å². The standard InChI is InChI=1S/C26H20Cl2F2N2O5/c27-17-2-1-3-18(28)19(17)21-20(22(37-31-21)25(30)6-7-25)24(35)36-26-5-4-13(11-26)12-32(26)16-9-14(23(33)34)8-15(29)10-16/h1-3,8-10,13H,4-7,11-12H2,(H,33,34)/t13-,26-/m0/s1. The SMILES string of the molecule is O=C(O)c1cc(F)cc(N2C[C@H]3CC[C@]2(OC(=O)c2c(-c4c(Cl)cccc4Cl)noc2C2(F)CC2)C3)c1. The Bertz CT molecular complexity index is 1440. The minimum absolute atomic E-state index is 0.0195. The number of hydrogen-bond donors (Lipinski definition) is 1.